The number of halogens is 1. The van der Waals surface area contributed by atoms with E-state index in [2.05, 4.69) is 44.0 Å². The molecule has 0 N–H and O–H groups in total. The van der Waals surface area contributed by atoms with E-state index >= 15 is 0 Å². The van der Waals surface area contributed by atoms with Gasteiger partial charge in [-0.2, -0.15) is 0 Å². The molecule has 156 valence electrons. The molecule has 0 atom stereocenters. The number of aromatic nitrogens is 4. The Hall–Kier alpha value is -2.18. The van der Waals surface area contributed by atoms with E-state index in [1.165, 1.54) is 28.9 Å². The monoisotopic (exact) mass is 423 g/mol. The van der Waals surface area contributed by atoms with Crippen molar-refractivity contribution >= 4 is 11.6 Å². The Morgan fingerprint density at radius 1 is 1.03 bits per heavy atom. The van der Waals surface area contributed by atoms with Crippen LogP contribution in [0.1, 0.15) is 78.2 Å². The van der Waals surface area contributed by atoms with Crippen molar-refractivity contribution in [2.45, 2.75) is 69.9 Å². The van der Waals surface area contributed by atoms with Gasteiger partial charge >= 0.3 is 0 Å². The molecule has 2 aromatic heterocycles. The highest BCUT2D eigenvalue weighted by molar-refractivity contribution is 6.30. The second-order valence-electron chi connectivity index (χ2n) is 9.13. The van der Waals surface area contributed by atoms with E-state index in [9.17, 15) is 0 Å². The van der Waals surface area contributed by atoms with Gasteiger partial charge in [0.15, 0.2) is 5.82 Å². The molecule has 0 spiro atoms. The molecule has 1 fully saturated rings. The average molecular weight is 424 g/mol. The first-order valence-corrected chi connectivity index (χ1v) is 11.4. The van der Waals surface area contributed by atoms with Crippen LogP contribution in [0.4, 0.5) is 0 Å². The van der Waals surface area contributed by atoms with Crippen LogP contribution in [0.25, 0.3) is 5.69 Å². The lowest BCUT2D eigenvalue weighted by molar-refractivity contribution is 0.315. The molecule has 2 aliphatic carbocycles. The predicted molar refractivity (Wildman–Crippen MR) is 114 cm³/mol. The second-order valence-corrected chi connectivity index (χ2v) is 9.56. The van der Waals surface area contributed by atoms with E-state index in [0.717, 1.165) is 74.0 Å². The summed E-state index contributed by atoms with van der Waals surface area (Å²) in [6.07, 6.45) is 7.91. The molecule has 0 bridgehead atoms. The maximum Gasteiger partial charge on any atom is 0.151 e. The van der Waals surface area contributed by atoms with Crippen LogP contribution in [-0.4, -0.2) is 31.9 Å². The van der Waals surface area contributed by atoms with Gasteiger partial charge in [0, 0.05) is 35.4 Å². The third kappa shape index (κ3) is 3.00. The smallest absolute Gasteiger partial charge is 0.151 e. The number of hydrogen-bond donors (Lipinski definition) is 0. The fourth-order valence-electron chi connectivity index (χ4n) is 5.64. The summed E-state index contributed by atoms with van der Waals surface area (Å²) >= 11 is 6.30. The molecule has 1 aliphatic heterocycles. The highest BCUT2D eigenvalue weighted by Crippen LogP contribution is 2.43. The van der Waals surface area contributed by atoms with Crippen molar-refractivity contribution in [3.63, 3.8) is 0 Å². The number of fused-ring (bicyclic) bond motifs is 4. The topological polar surface area (TPSA) is 60.0 Å². The van der Waals surface area contributed by atoms with Crippen molar-refractivity contribution in [3.05, 3.63) is 57.5 Å². The number of benzene rings is 1. The van der Waals surface area contributed by atoms with Crippen LogP contribution in [0.2, 0.25) is 5.02 Å². The van der Waals surface area contributed by atoms with Gasteiger partial charge in [-0.05, 0) is 69.3 Å². The predicted octanol–water partition coefficient (Wildman–Crippen LogP) is 4.78. The van der Waals surface area contributed by atoms with Crippen LogP contribution in [0.5, 0.6) is 0 Å². The second kappa shape index (κ2) is 7.20. The van der Waals surface area contributed by atoms with Gasteiger partial charge in [-0.1, -0.05) is 16.8 Å². The van der Waals surface area contributed by atoms with Crippen LogP contribution >= 0.6 is 11.6 Å². The highest BCUT2D eigenvalue weighted by atomic mass is 35.5. The van der Waals surface area contributed by atoms with Gasteiger partial charge < -0.3 is 4.52 Å². The molecule has 3 aliphatic rings. The molecule has 1 saturated carbocycles. The standard InChI is InChI=1S/C23H26ClN5O/c1-28-12-16-11-17(24)9-10-19(16)29-21(13-28)25-26-23(29)15-7-5-14(6-8-15)22-18-3-2-4-20(18)30-27-22/h9-11,14-15H,2-8,12-13H2,1H3. The summed E-state index contributed by atoms with van der Waals surface area (Å²) < 4.78 is 7.91. The largest absolute Gasteiger partial charge is 0.361 e. The number of hydrogen-bond acceptors (Lipinski definition) is 5. The van der Waals surface area contributed by atoms with Crippen LogP contribution in [-0.2, 0) is 25.9 Å². The molecule has 6 rings (SSSR count). The van der Waals surface area contributed by atoms with Gasteiger partial charge in [0.2, 0.25) is 0 Å². The molecular formula is C23H26ClN5O. The van der Waals surface area contributed by atoms with Gasteiger partial charge in [-0.25, -0.2) is 0 Å². The number of aryl methyl sites for hydroxylation is 1. The normalized spacial score (nSPS) is 23.7. The van der Waals surface area contributed by atoms with E-state index in [1.54, 1.807) is 0 Å². The minimum atomic E-state index is 0.425. The SMILES string of the molecule is CN1Cc2cc(Cl)ccc2-n2c(nnc2C2CCC(c3noc4c3CCC4)CC2)C1. The summed E-state index contributed by atoms with van der Waals surface area (Å²) in [6, 6.07) is 6.17. The van der Waals surface area contributed by atoms with E-state index in [-0.39, 0.29) is 0 Å². The fourth-order valence-corrected chi connectivity index (χ4v) is 5.83. The van der Waals surface area contributed by atoms with Gasteiger partial charge in [0.1, 0.15) is 11.6 Å². The van der Waals surface area contributed by atoms with Crippen molar-refractivity contribution in [1.82, 2.24) is 24.8 Å². The van der Waals surface area contributed by atoms with Gasteiger partial charge in [0.25, 0.3) is 0 Å². The third-order valence-corrected chi connectivity index (χ3v) is 7.33. The first kappa shape index (κ1) is 18.6. The van der Waals surface area contributed by atoms with Gasteiger partial charge in [-0.3, -0.25) is 9.47 Å². The Morgan fingerprint density at radius 3 is 2.73 bits per heavy atom. The minimum absolute atomic E-state index is 0.425. The van der Waals surface area contributed by atoms with Crippen LogP contribution in [0, 0.1) is 0 Å². The number of rotatable bonds is 2. The molecule has 6 nitrogen and oxygen atoms in total. The third-order valence-electron chi connectivity index (χ3n) is 7.10. The minimum Gasteiger partial charge on any atom is -0.361 e. The van der Waals surface area contributed by atoms with Crippen LogP contribution in [0.3, 0.4) is 0 Å². The van der Waals surface area contributed by atoms with E-state index in [1.807, 2.05) is 6.07 Å². The molecule has 3 aromatic rings. The summed E-state index contributed by atoms with van der Waals surface area (Å²) in [5.41, 5.74) is 5.05. The summed E-state index contributed by atoms with van der Waals surface area (Å²) in [7, 11) is 2.12. The fraction of sp³-hybridized carbons (Fsp3) is 0.522. The average Bonchev–Trinajstić information content (AvgIpc) is 3.43. The van der Waals surface area contributed by atoms with Crippen LogP contribution in [0.15, 0.2) is 22.7 Å². The Balaban J connectivity index is 1.29. The number of nitrogens with zero attached hydrogens (tertiary/aromatic N) is 5. The molecule has 30 heavy (non-hydrogen) atoms. The zero-order valence-electron chi connectivity index (χ0n) is 17.3. The first-order chi connectivity index (χ1) is 14.7. The molecule has 7 heteroatoms. The lowest BCUT2D eigenvalue weighted by Crippen LogP contribution is -2.17. The molecule has 0 radical (unpaired) electrons. The molecule has 1 aromatic carbocycles. The highest BCUT2D eigenvalue weighted by Gasteiger charge is 2.33. The van der Waals surface area contributed by atoms with Crippen molar-refractivity contribution in [2.24, 2.45) is 0 Å². The summed E-state index contributed by atoms with van der Waals surface area (Å²) in [5.74, 6) is 4.21. The Bertz CT molecular complexity index is 1100. The molecule has 3 heterocycles. The zero-order valence-corrected chi connectivity index (χ0v) is 18.0. The van der Waals surface area contributed by atoms with Crippen molar-refractivity contribution in [3.8, 4) is 5.69 Å². The van der Waals surface area contributed by atoms with E-state index < -0.39 is 0 Å². The zero-order chi connectivity index (χ0) is 20.2. The van der Waals surface area contributed by atoms with Crippen molar-refractivity contribution in [1.29, 1.82) is 0 Å². The Labute approximate surface area is 181 Å². The first-order valence-electron chi connectivity index (χ1n) is 11.1. The Morgan fingerprint density at radius 2 is 1.87 bits per heavy atom. The summed E-state index contributed by atoms with van der Waals surface area (Å²) in [4.78, 5) is 2.27. The maximum absolute atomic E-state index is 6.30. The quantitative estimate of drug-likeness (QED) is 0.593. The van der Waals surface area contributed by atoms with Gasteiger partial charge in [-0.15, -0.1) is 10.2 Å². The van der Waals surface area contributed by atoms with Crippen LogP contribution < -0.4 is 0 Å². The lowest BCUT2D eigenvalue weighted by atomic mass is 9.79. The molecular weight excluding hydrogens is 398 g/mol. The van der Waals surface area contributed by atoms with E-state index in [4.69, 9.17) is 16.1 Å². The van der Waals surface area contributed by atoms with Crippen molar-refractivity contribution in [2.75, 3.05) is 7.05 Å². The molecule has 0 unspecified atom stereocenters. The molecule has 0 amide bonds. The summed E-state index contributed by atoms with van der Waals surface area (Å²) in [6.45, 7) is 1.66. The molecule has 0 saturated heterocycles. The Kier molecular flexibility index (Phi) is 4.46. The van der Waals surface area contributed by atoms with Crippen molar-refractivity contribution < 1.29 is 4.52 Å². The maximum atomic E-state index is 6.30. The summed E-state index contributed by atoms with van der Waals surface area (Å²) in [5, 5.41) is 14.5. The lowest BCUT2D eigenvalue weighted by Gasteiger charge is -2.27. The van der Waals surface area contributed by atoms with E-state index in [0.29, 0.717) is 11.8 Å². The van der Waals surface area contributed by atoms with Gasteiger partial charge in [0.05, 0.1) is 17.9 Å².